The molecule has 0 aliphatic heterocycles. The van der Waals surface area contributed by atoms with Crippen LogP contribution in [0.1, 0.15) is 44.0 Å². The second-order valence-electron chi connectivity index (χ2n) is 8.89. The lowest BCUT2D eigenvalue weighted by Crippen LogP contribution is -2.51. The summed E-state index contributed by atoms with van der Waals surface area (Å²) in [7, 11) is 0. The van der Waals surface area contributed by atoms with Crippen molar-refractivity contribution >= 4 is 22.8 Å². The van der Waals surface area contributed by atoms with E-state index in [2.05, 4.69) is 36.0 Å². The first-order valence-electron chi connectivity index (χ1n) is 9.98. The number of nitrogens with two attached hydrogens (primary N) is 2. The van der Waals surface area contributed by atoms with E-state index in [1.54, 1.807) is 10.6 Å². The third kappa shape index (κ3) is 3.10. The topological polar surface area (TPSA) is 103 Å². The minimum atomic E-state index is -0.531. The average Bonchev–Trinajstić information content (AvgIpc) is 3.22. The van der Waals surface area contributed by atoms with E-state index < -0.39 is 5.91 Å². The molecule has 3 aromatic rings. The van der Waals surface area contributed by atoms with Crippen LogP contribution in [0.3, 0.4) is 0 Å². The predicted octanol–water partition coefficient (Wildman–Crippen LogP) is 3.97. The third-order valence-corrected chi connectivity index (χ3v) is 6.83. The molecule has 2 aromatic heterocycles. The predicted molar refractivity (Wildman–Crippen MR) is 118 cm³/mol. The van der Waals surface area contributed by atoms with Crippen molar-refractivity contribution in [3.63, 3.8) is 0 Å². The van der Waals surface area contributed by atoms with Gasteiger partial charge in [-0.05, 0) is 37.5 Å². The average molecular weight is 403 g/mol. The fraction of sp³-hybridized carbons (Fsp3) is 0.348. The summed E-state index contributed by atoms with van der Waals surface area (Å²) >= 11 is 0. The van der Waals surface area contributed by atoms with Crippen molar-refractivity contribution in [2.24, 2.45) is 16.9 Å². The van der Waals surface area contributed by atoms with Crippen LogP contribution in [0.2, 0.25) is 0 Å². The van der Waals surface area contributed by atoms with E-state index >= 15 is 0 Å². The molecule has 1 saturated carbocycles. The number of primary amides is 1. The van der Waals surface area contributed by atoms with Crippen molar-refractivity contribution in [2.75, 3.05) is 5.32 Å². The Balaban J connectivity index is 1.83. The zero-order valence-corrected chi connectivity index (χ0v) is 17.4. The fourth-order valence-corrected chi connectivity index (χ4v) is 4.26. The summed E-state index contributed by atoms with van der Waals surface area (Å²) in [4.78, 5) is 15.7. The number of anilines is 1. The van der Waals surface area contributed by atoms with Gasteiger partial charge in [-0.25, -0.2) is 9.36 Å². The Morgan fingerprint density at radius 1 is 1.30 bits per heavy atom. The zero-order valence-electron chi connectivity index (χ0n) is 17.4. The summed E-state index contributed by atoms with van der Waals surface area (Å²) in [5.74, 6) is -0.531. The van der Waals surface area contributed by atoms with Crippen LogP contribution in [0.15, 0.2) is 42.7 Å². The van der Waals surface area contributed by atoms with E-state index in [-0.39, 0.29) is 17.0 Å². The highest BCUT2D eigenvalue weighted by Gasteiger charge is 2.49. The van der Waals surface area contributed by atoms with Gasteiger partial charge in [-0.2, -0.15) is 5.10 Å². The minimum Gasteiger partial charge on any atom is -0.379 e. The number of hydrogen-bond acceptors (Lipinski definition) is 4. The Hall–Kier alpha value is -3.37. The number of aromatic nitrogens is 2. The SMILES string of the molecule is [C-]#[N+]c1cccc(-c2cc3c(N[C@@H]4CC[C@](C)(N)C4(C)C)c(C(N)=O)cnn3c2)c1. The molecule has 1 amide bonds. The number of rotatable bonds is 4. The summed E-state index contributed by atoms with van der Waals surface area (Å²) < 4.78 is 1.73. The Kier molecular flexibility index (Phi) is 4.55. The molecule has 1 aromatic carbocycles. The Bertz CT molecular complexity index is 1180. The molecule has 0 saturated heterocycles. The summed E-state index contributed by atoms with van der Waals surface area (Å²) in [5, 5.41) is 7.96. The summed E-state index contributed by atoms with van der Waals surface area (Å²) in [6, 6.07) is 9.47. The molecule has 7 nitrogen and oxygen atoms in total. The molecule has 1 aliphatic rings. The van der Waals surface area contributed by atoms with Crippen LogP contribution in [0.4, 0.5) is 11.4 Å². The molecule has 154 valence electrons. The Labute approximate surface area is 175 Å². The molecule has 30 heavy (non-hydrogen) atoms. The number of carbonyl (C=O) groups excluding carboxylic acids is 1. The highest BCUT2D eigenvalue weighted by atomic mass is 16.1. The fourth-order valence-electron chi connectivity index (χ4n) is 4.26. The van der Waals surface area contributed by atoms with E-state index in [0.29, 0.717) is 16.9 Å². The van der Waals surface area contributed by atoms with Crippen molar-refractivity contribution in [2.45, 2.75) is 45.2 Å². The second kappa shape index (κ2) is 6.85. The van der Waals surface area contributed by atoms with Gasteiger partial charge in [-0.3, -0.25) is 4.79 Å². The quantitative estimate of drug-likeness (QED) is 0.575. The van der Waals surface area contributed by atoms with E-state index in [1.165, 1.54) is 6.20 Å². The monoisotopic (exact) mass is 402 g/mol. The van der Waals surface area contributed by atoms with Crippen molar-refractivity contribution in [1.82, 2.24) is 9.61 Å². The lowest BCUT2D eigenvalue weighted by molar-refractivity contribution is 0.100. The highest BCUT2D eigenvalue weighted by Crippen LogP contribution is 2.46. The maximum Gasteiger partial charge on any atom is 0.252 e. The molecule has 1 aliphatic carbocycles. The number of benzene rings is 1. The van der Waals surface area contributed by atoms with Crippen LogP contribution < -0.4 is 16.8 Å². The van der Waals surface area contributed by atoms with Gasteiger partial charge in [-0.1, -0.05) is 32.0 Å². The first-order chi connectivity index (χ1) is 14.1. The molecule has 0 radical (unpaired) electrons. The number of hydrogen-bond donors (Lipinski definition) is 3. The van der Waals surface area contributed by atoms with Crippen LogP contribution in [0, 0.1) is 12.0 Å². The number of fused-ring (bicyclic) bond motifs is 1. The molecule has 4 rings (SSSR count). The summed E-state index contributed by atoms with van der Waals surface area (Å²) in [5.41, 5.74) is 15.9. The van der Waals surface area contributed by atoms with Crippen LogP contribution in [-0.2, 0) is 0 Å². The molecule has 1 fully saturated rings. The second-order valence-corrected chi connectivity index (χ2v) is 8.89. The van der Waals surface area contributed by atoms with Crippen LogP contribution in [-0.4, -0.2) is 27.1 Å². The Morgan fingerprint density at radius 2 is 2.07 bits per heavy atom. The first-order valence-corrected chi connectivity index (χ1v) is 9.98. The van der Waals surface area contributed by atoms with E-state index in [0.717, 1.165) is 29.5 Å². The van der Waals surface area contributed by atoms with Gasteiger partial charge in [0.2, 0.25) is 0 Å². The molecule has 2 atom stereocenters. The van der Waals surface area contributed by atoms with Gasteiger partial charge in [0, 0.05) is 28.8 Å². The molecule has 0 unspecified atom stereocenters. The molecule has 0 bridgehead atoms. The zero-order chi connectivity index (χ0) is 21.7. The number of amides is 1. The van der Waals surface area contributed by atoms with Gasteiger partial charge in [0.15, 0.2) is 5.69 Å². The number of nitrogens with one attached hydrogen (secondary N) is 1. The molecule has 2 heterocycles. The van der Waals surface area contributed by atoms with Crippen molar-refractivity contribution in [3.8, 4) is 11.1 Å². The number of carbonyl (C=O) groups is 1. The summed E-state index contributed by atoms with van der Waals surface area (Å²) in [6.45, 7) is 13.6. The first kappa shape index (κ1) is 19.9. The normalized spacial score (nSPS) is 22.7. The standard InChI is InChI=1S/C23H26N6O/c1-22(2)19(8-9-23(22,3)25)28-20-17(21(24)30)12-27-29-13-15(11-18(20)29)14-6-5-7-16(10-14)26-4/h5-7,10-13,19,28H,8-9,25H2,1-3H3,(H2,24,30)/t19-,23+/m1/s1. The molecule has 0 spiro atoms. The van der Waals surface area contributed by atoms with Gasteiger partial charge < -0.3 is 16.8 Å². The van der Waals surface area contributed by atoms with E-state index in [4.69, 9.17) is 18.0 Å². The summed E-state index contributed by atoms with van der Waals surface area (Å²) in [6.07, 6.45) is 5.18. The van der Waals surface area contributed by atoms with E-state index in [9.17, 15) is 4.79 Å². The van der Waals surface area contributed by atoms with Crippen LogP contribution in [0.5, 0.6) is 0 Å². The lowest BCUT2D eigenvalue weighted by Gasteiger charge is -2.39. The molecular weight excluding hydrogens is 376 g/mol. The van der Waals surface area contributed by atoms with Crippen molar-refractivity contribution in [1.29, 1.82) is 0 Å². The third-order valence-electron chi connectivity index (χ3n) is 6.83. The maximum absolute atomic E-state index is 12.2. The van der Waals surface area contributed by atoms with E-state index in [1.807, 2.05) is 30.5 Å². The Morgan fingerprint density at radius 3 is 2.70 bits per heavy atom. The van der Waals surface area contributed by atoms with Gasteiger partial charge in [0.1, 0.15) is 0 Å². The number of nitrogens with zero attached hydrogens (tertiary/aromatic N) is 3. The van der Waals surface area contributed by atoms with Gasteiger partial charge >= 0.3 is 0 Å². The smallest absolute Gasteiger partial charge is 0.252 e. The lowest BCUT2D eigenvalue weighted by atomic mass is 9.75. The molecular formula is C23H26N6O. The van der Waals surface area contributed by atoms with Crippen LogP contribution in [0.25, 0.3) is 21.5 Å². The van der Waals surface area contributed by atoms with Gasteiger partial charge in [0.25, 0.3) is 5.91 Å². The molecule has 7 heteroatoms. The largest absolute Gasteiger partial charge is 0.379 e. The maximum atomic E-state index is 12.2. The van der Waals surface area contributed by atoms with Crippen LogP contribution >= 0.6 is 0 Å². The minimum absolute atomic E-state index is 0.0839. The van der Waals surface area contributed by atoms with Gasteiger partial charge in [-0.15, -0.1) is 0 Å². The van der Waals surface area contributed by atoms with Crippen molar-refractivity contribution < 1.29 is 4.79 Å². The van der Waals surface area contributed by atoms with Crippen molar-refractivity contribution in [3.05, 3.63) is 59.7 Å². The molecule has 5 N–H and O–H groups in total. The highest BCUT2D eigenvalue weighted by molar-refractivity contribution is 6.02. The van der Waals surface area contributed by atoms with Gasteiger partial charge in [0.05, 0.1) is 29.5 Å².